The van der Waals surface area contributed by atoms with Crippen LogP contribution in [0.4, 0.5) is 4.79 Å². The molecule has 2 aliphatic rings. The second-order valence-corrected chi connectivity index (χ2v) is 10.3. The number of imide groups is 1. The van der Waals surface area contributed by atoms with E-state index < -0.39 is 58.5 Å². The molecule has 2 saturated heterocycles. The third kappa shape index (κ3) is 5.43. The average Bonchev–Trinajstić information content (AvgIpc) is 2.90. The molecule has 2 aliphatic heterocycles. The molecule has 2 fully saturated rings. The molecule has 0 aromatic rings. The highest BCUT2D eigenvalue weighted by atomic mass is 35.5. The number of carbonyl (C=O) groups excluding carboxylic acids is 4. The van der Waals surface area contributed by atoms with Gasteiger partial charge in [-0.1, -0.05) is 6.92 Å². The molecule has 30 heavy (non-hydrogen) atoms. The Bertz CT molecular complexity index is 713. The van der Waals surface area contributed by atoms with Crippen molar-refractivity contribution in [3.05, 3.63) is 0 Å². The van der Waals surface area contributed by atoms with Crippen LogP contribution in [-0.2, 0) is 28.6 Å². The van der Waals surface area contributed by atoms with Crippen molar-refractivity contribution < 1.29 is 33.4 Å². The van der Waals surface area contributed by atoms with E-state index in [0.717, 1.165) is 0 Å². The van der Waals surface area contributed by atoms with Gasteiger partial charge >= 0.3 is 18.0 Å². The van der Waals surface area contributed by atoms with Crippen molar-refractivity contribution in [3.8, 4) is 0 Å². The largest absolute Gasteiger partial charge is 0.462 e. The van der Waals surface area contributed by atoms with Gasteiger partial charge in [-0.25, -0.2) is 4.79 Å². The molecule has 3 amide bonds. The van der Waals surface area contributed by atoms with Gasteiger partial charge in [0.1, 0.15) is 18.1 Å². The maximum atomic E-state index is 12.5. The minimum atomic E-state index is -0.960. The van der Waals surface area contributed by atoms with E-state index in [1.54, 1.807) is 48.5 Å². The number of carbonyl (C=O) groups is 4. The van der Waals surface area contributed by atoms with Gasteiger partial charge in [0, 0.05) is 6.54 Å². The number of rotatable bonds is 4. The quantitative estimate of drug-likeness (QED) is 0.519. The second kappa shape index (κ2) is 8.70. The van der Waals surface area contributed by atoms with Crippen LogP contribution in [0.2, 0.25) is 0 Å². The highest BCUT2D eigenvalue weighted by Crippen LogP contribution is 2.34. The van der Waals surface area contributed by atoms with Crippen LogP contribution >= 0.6 is 11.6 Å². The predicted molar refractivity (Wildman–Crippen MR) is 107 cm³/mol. The fourth-order valence-electron chi connectivity index (χ4n) is 2.87. The molecule has 0 aromatic carbocycles. The number of hydrogen-bond donors (Lipinski definition) is 1. The molecule has 0 spiro atoms. The zero-order valence-electron chi connectivity index (χ0n) is 18.5. The van der Waals surface area contributed by atoms with E-state index in [-0.39, 0.29) is 19.1 Å². The van der Waals surface area contributed by atoms with Crippen LogP contribution in [0.15, 0.2) is 0 Å². The summed E-state index contributed by atoms with van der Waals surface area (Å²) >= 11 is 6.57. The Morgan fingerprint density at radius 2 is 1.70 bits per heavy atom. The van der Waals surface area contributed by atoms with Gasteiger partial charge in [-0.3, -0.25) is 24.6 Å². The first kappa shape index (κ1) is 24.4. The van der Waals surface area contributed by atoms with Gasteiger partial charge in [0.2, 0.25) is 5.91 Å². The lowest BCUT2D eigenvalue weighted by Gasteiger charge is -2.35. The van der Waals surface area contributed by atoms with Crippen molar-refractivity contribution in [2.75, 3.05) is 13.2 Å². The van der Waals surface area contributed by atoms with Crippen molar-refractivity contribution >= 4 is 35.5 Å². The summed E-state index contributed by atoms with van der Waals surface area (Å²) in [5.74, 6) is -1.78. The molecule has 5 atom stereocenters. The van der Waals surface area contributed by atoms with Crippen molar-refractivity contribution in [1.29, 1.82) is 0 Å². The molecule has 0 radical (unpaired) electrons. The van der Waals surface area contributed by atoms with Gasteiger partial charge in [-0.15, -0.1) is 11.6 Å². The number of hydrogen-bond acceptors (Lipinski definition) is 7. The van der Waals surface area contributed by atoms with Crippen LogP contribution in [0, 0.1) is 16.7 Å². The Labute approximate surface area is 181 Å². The summed E-state index contributed by atoms with van der Waals surface area (Å²) in [6.45, 7) is 11.8. The van der Waals surface area contributed by atoms with Gasteiger partial charge in [0.15, 0.2) is 12.3 Å². The molecule has 0 aromatic heterocycles. The summed E-state index contributed by atoms with van der Waals surface area (Å²) in [6.07, 6.45) is -2.77. The summed E-state index contributed by atoms with van der Waals surface area (Å²) in [7, 11) is 0. The molecule has 2 rings (SSSR count). The van der Waals surface area contributed by atoms with Crippen molar-refractivity contribution in [2.24, 2.45) is 16.7 Å². The molecule has 0 aliphatic carbocycles. The van der Waals surface area contributed by atoms with Gasteiger partial charge in [0.05, 0.1) is 16.7 Å². The standard InChI is InChI=1S/C20H31ClN2O7/c1-10-8-23(18(27)22-14(10)24)15-12(21)13(30-17(26)20(5,6)7)11(29-15)9-28-16(25)19(2,3)4/h10-13,15H,8-9H2,1-7H3,(H,22,24,27)/t10?,11-,12-,13-,15-/m1/s1. The number of nitrogens with zero attached hydrogens (tertiary/aromatic N) is 1. The fourth-order valence-corrected chi connectivity index (χ4v) is 3.28. The highest BCUT2D eigenvalue weighted by molar-refractivity contribution is 6.22. The van der Waals surface area contributed by atoms with Crippen LogP contribution in [0.1, 0.15) is 48.5 Å². The predicted octanol–water partition coefficient (Wildman–Crippen LogP) is 2.05. The second-order valence-electron chi connectivity index (χ2n) is 9.83. The Hall–Kier alpha value is -1.87. The lowest BCUT2D eigenvalue weighted by molar-refractivity contribution is -0.168. The van der Waals surface area contributed by atoms with E-state index in [0.29, 0.717) is 0 Å². The van der Waals surface area contributed by atoms with E-state index >= 15 is 0 Å². The average molecular weight is 447 g/mol. The first-order valence-electron chi connectivity index (χ1n) is 9.92. The zero-order chi connectivity index (χ0) is 23.0. The first-order valence-corrected chi connectivity index (χ1v) is 10.4. The topological polar surface area (TPSA) is 111 Å². The van der Waals surface area contributed by atoms with Gasteiger partial charge in [-0.2, -0.15) is 0 Å². The van der Waals surface area contributed by atoms with Crippen LogP contribution in [-0.4, -0.2) is 65.7 Å². The number of ether oxygens (including phenoxy) is 3. The Balaban J connectivity index is 2.21. The van der Waals surface area contributed by atoms with E-state index in [1.165, 1.54) is 4.90 Å². The van der Waals surface area contributed by atoms with Crippen molar-refractivity contribution in [1.82, 2.24) is 10.2 Å². The molecule has 2 heterocycles. The van der Waals surface area contributed by atoms with E-state index in [2.05, 4.69) is 5.32 Å². The van der Waals surface area contributed by atoms with E-state index in [4.69, 9.17) is 25.8 Å². The van der Waals surface area contributed by atoms with E-state index in [1.807, 2.05) is 0 Å². The zero-order valence-corrected chi connectivity index (χ0v) is 19.2. The monoisotopic (exact) mass is 446 g/mol. The van der Waals surface area contributed by atoms with Crippen LogP contribution in [0.3, 0.4) is 0 Å². The third-order valence-electron chi connectivity index (χ3n) is 4.83. The SMILES string of the molecule is CC1CN([C@@H]2O[C@H](COC(=O)C(C)(C)C)[C@@H](OC(=O)C(C)(C)C)[C@H]2Cl)C(=O)NC1=O. The first-order chi connectivity index (χ1) is 13.6. The molecule has 1 unspecified atom stereocenters. The molecular formula is C20H31ClN2O7. The molecule has 9 nitrogen and oxygen atoms in total. The number of nitrogens with one attached hydrogen (secondary N) is 1. The van der Waals surface area contributed by atoms with Gasteiger partial charge in [0.25, 0.3) is 0 Å². The van der Waals surface area contributed by atoms with Crippen LogP contribution in [0.5, 0.6) is 0 Å². The maximum Gasteiger partial charge on any atom is 0.326 e. The minimum Gasteiger partial charge on any atom is -0.462 e. The number of esters is 2. The summed E-state index contributed by atoms with van der Waals surface area (Å²) in [6, 6.07) is -0.637. The molecule has 0 saturated carbocycles. The minimum absolute atomic E-state index is 0.104. The molecular weight excluding hydrogens is 416 g/mol. The number of halogens is 1. The molecule has 170 valence electrons. The number of alkyl halides is 1. The van der Waals surface area contributed by atoms with Gasteiger partial charge < -0.3 is 14.2 Å². The molecule has 1 N–H and O–H groups in total. The Morgan fingerprint density at radius 1 is 1.13 bits per heavy atom. The van der Waals surface area contributed by atoms with Crippen LogP contribution in [0.25, 0.3) is 0 Å². The van der Waals surface area contributed by atoms with Gasteiger partial charge in [-0.05, 0) is 41.5 Å². The third-order valence-corrected chi connectivity index (χ3v) is 5.29. The Morgan fingerprint density at radius 3 is 2.23 bits per heavy atom. The van der Waals surface area contributed by atoms with Crippen molar-refractivity contribution in [3.63, 3.8) is 0 Å². The number of urea groups is 1. The Kier molecular flexibility index (Phi) is 7.08. The summed E-state index contributed by atoms with van der Waals surface area (Å²) in [5, 5.41) is 1.34. The summed E-state index contributed by atoms with van der Waals surface area (Å²) in [5.41, 5.74) is -1.51. The van der Waals surface area contributed by atoms with Crippen molar-refractivity contribution in [2.45, 2.75) is 72.3 Å². The smallest absolute Gasteiger partial charge is 0.326 e. The maximum absolute atomic E-state index is 12.5. The molecule has 0 bridgehead atoms. The lowest BCUT2D eigenvalue weighted by atomic mass is 9.97. The summed E-state index contributed by atoms with van der Waals surface area (Å²) in [4.78, 5) is 50.0. The lowest BCUT2D eigenvalue weighted by Crippen LogP contribution is -2.59. The highest BCUT2D eigenvalue weighted by Gasteiger charge is 2.52. The summed E-state index contributed by atoms with van der Waals surface area (Å²) < 4.78 is 16.9. The normalized spacial score (nSPS) is 30.1. The molecule has 10 heteroatoms. The number of amides is 3. The van der Waals surface area contributed by atoms with E-state index in [9.17, 15) is 19.2 Å². The fraction of sp³-hybridized carbons (Fsp3) is 0.800. The van der Waals surface area contributed by atoms with Crippen LogP contribution < -0.4 is 5.32 Å².